The van der Waals surface area contributed by atoms with Gasteiger partial charge in [-0.05, 0) is 18.9 Å². The van der Waals surface area contributed by atoms with Gasteiger partial charge in [0.25, 0.3) is 0 Å². The van der Waals surface area contributed by atoms with Gasteiger partial charge in [0, 0.05) is 12.6 Å². The first-order valence-electron chi connectivity index (χ1n) is 6.99. The summed E-state index contributed by atoms with van der Waals surface area (Å²) >= 11 is 13.2. The normalized spacial score (nSPS) is 27.3. The lowest BCUT2D eigenvalue weighted by Gasteiger charge is -2.43. The lowest BCUT2D eigenvalue weighted by Crippen LogP contribution is -2.53. The van der Waals surface area contributed by atoms with Crippen LogP contribution < -0.4 is 0 Å². The second-order valence-electron chi connectivity index (χ2n) is 5.39. The molecule has 2 unspecified atom stereocenters. The van der Waals surface area contributed by atoms with E-state index in [4.69, 9.17) is 27.9 Å². The molecule has 1 saturated heterocycles. The van der Waals surface area contributed by atoms with E-state index in [2.05, 4.69) is 4.90 Å². The van der Waals surface area contributed by atoms with Gasteiger partial charge in [-0.1, -0.05) is 36.0 Å². The molecule has 0 N–H and O–H groups in total. The van der Waals surface area contributed by atoms with Crippen molar-refractivity contribution in [3.05, 3.63) is 20.3 Å². The number of thiophene rings is 1. The smallest absolute Gasteiger partial charge is 0.179 e. The first-order chi connectivity index (χ1) is 9.65. The van der Waals surface area contributed by atoms with E-state index < -0.39 is 0 Å². The number of morpholine rings is 1. The summed E-state index contributed by atoms with van der Waals surface area (Å²) in [5.74, 6) is 0.0596. The van der Waals surface area contributed by atoms with Crippen LogP contribution in [-0.4, -0.2) is 42.5 Å². The largest absolute Gasteiger partial charge is 0.375 e. The van der Waals surface area contributed by atoms with Crippen molar-refractivity contribution in [1.29, 1.82) is 0 Å². The van der Waals surface area contributed by atoms with Gasteiger partial charge in [0.15, 0.2) is 5.78 Å². The number of halogens is 2. The maximum Gasteiger partial charge on any atom is 0.179 e. The zero-order valence-electron chi connectivity index (χ0n) is 11.1. The fourth-order valence-corrected chi connectivity index (χ4v) is 4.67. The average molecular weight is 334 g/mol. The van der Waals surface area contributed by atoms with Crippen LogP contribution in [0.2, 0.25) is 8.67 Å². The number of fused-ring (bicyclic) bond motifs is 1. The Balaban J connectivity index is 1.70. The molecule has 1 saturated carbocycles. The minimum atomic E-state index is 0.0596. The van der Waals surface area contributed by atoms with Crippen LogP contribution in [0.15, 0.2) is 6.07 Å². The number of hydrogen-bond donors (Lipinski definition) is 0. The van der Waals surface area contributed by atoms with Crippen molar-refractivity contribution in [1.82, 2.24) is 4.90 Å². The molecule has 1 aromatic rings. The highest BCUT2D eigenvalue weighted by molar-refractivity contribution is 7.20. The van der Waals surface area contributed by atoms with Gasteiger partial charge >= 0.3 is 0 Å². The zero-order valence-corrected chi connectivity index (χ0v) is 13.4. The van der Waals surface area contributed by atoms with Gasteiger partial charge in [0.2, 0.25) is 0 Å². The molecule has 2 fully saturated rings. The summed E-state index contributed by atoms with van der Waals surface area (Å²) < 4.78 is 6.89. The van der Waals surface area contributed by atoms with Crippen LogP contribution in [0.25, 0.3) is 0 Å². The molecule has 3 nitrogen and oxygen atoms in total. The van der Waals surface area contributed by atoms with Gasteiger partial charge in [0.05, 0.1) is 29.2 Å². The topological polar surface area (TPSA) is 29.5 Å². The quantitative estimate of drug-likeness (QED) is 0.786. The van der Waals surface area contributed by atoms with Crippen LogP contribution in [0.4, 0.5) is 0 Å². The molecule has 0 aromatic carbocycles. The molecule has 0 radical (unpaired) electrons. The zero-order chi connectivity index (χ0) is 14.1. The van der Waals surface area contributed by atoms with E-state index in [1.165, 1.54) is 24.2 Å². The maximum absolute atomic E-state index is 12.4. The molecule has 2 atom stereocenters. The third kappa shape index (κ3) is 3.04. The van der Waals surface area contributed by atoms with Gasteiger partial charge < -0.3 is 4.74 Å². The molecule has 0 bridgehead atoms. The second kappa shape index (κ2) is 6.32. The minimum Gasteiger partial charge on any atom is -0.375 e. The molecular formula is C14H17Cl2NO2S. The molecule has 2 heterocycles. The van der Waals surface area contributed by atoms with Crippen molar-refractivity contribution in [2.24, 2.45) is 0 Å². The Hall–Kier alpha value is -0.130. The van der Waals surface area contributed by atoms with Crippen LogP contribution >= 0.6 is 34.5 Å². The van der Waals surface area contributed by atoms with Crippen LogP contribution in [-0.2, 0) is 4.74 Å². The molecule has 3 rings (SSSR count). The SMILES string of the molecule is O=C(CN1CCOC2CCCCC21)c1cc(Cl)sc1Cl. The second-order valence-corrected chi connectivity index (χ2v) is 7.68. The Bertz CT molecular complexity index is 503. The summed E-state index contributed by atoms with van der Waals surface area (Å²) in [7, 11) is 0. The third-order valence-corrected chi connectivity index (χ3v) is 5.64. The number of rotatable bonds is 3. The van der Waals surface area contributed by atoms with Crippen molar-refractivity contribution in [3.8, 4) is 0 Å². The van der Waals surface area contributed by atoms with Gasteiger partial charge in [0.1, 0.15) is 4.34 Å². The minimum absolute atomic E-state index is 0.0596. The highest BCUT2D eigenvalue weighted by atomic mass is 35.5. The molecule has 2 aliphatic rings. The maximum atomic E-state index is 12.4. The van der Waals surface area contributed by atoms with E-state index in [9.17, 15) is 4.79 Å². The molecule has 110 valence electrons. The third-order valence-electron chi connectivity index (χ3n) is 4.15. The lowest BCUT2D eigenvalue weighted by atomic mass is 9.90. The molecule has 1 aliphatic heterocycles. The summed E-state index contributed by atoms with van der Waals surface area (Å²) in [4.78, 5) is 14.7. The number of Topliss-reactive ketones (excluding diaryl/α,β-unsaturated/α-hetero) is 1. The average Bonchev–Trinajstić information content (AvgIpc) is 2.78. The monoisotopic (exact) mass is 333 g/mol. The first-order valence-corrected chi connectivity index (χ1v) is 8.56. The summed E-state index contributed by atoms with van der Waals surface area (Å²) in [6, 6.07) is 2.06. The van der Waals surface area contributed by atoms with Crippen molar-refractivity contribution in [2.45, 2.75) is 37.8 Å². The van der Waals surface area contributed by atoms with Crippen LogP contribution in [0.3, 0.4) is 0 Å². The Kier molecular flexibility index (Phi) is 4.68. The van der Waals surface area contributed by atoms with E-state index in [1.807, 2.05) is 0 Å². The summed E-state index contributed by atoms with van der Waals surface area (Å²) in [5.41, 5.74) is 0.556. The predicted molar refractivity (Wildman–Crippen MR) is 82.2 cm³/mol. The van der Waals surface area contributed by atoms with E-state index in [0.29, 0.717) is 39.5 Å². The van der Waals surface area contributed by atoms with Crippen molar-refractivity contribution in [2.75, 3.05) is 19.7 Å². The van der Waals surface area contributed by atoms with Crippen LogP contribution in [0.5, 0.6) is 0 Å². The lowest BCUT2D eigenvalue weighted by molar-refractivity contribution is -0.0846. The Morgan fingerprint density at radius 2 is 2.20 bits per heavy atom. The first kappa shape index (κ1) is 14.8. The highest BCUT2D eigenvalue weighted by Gasteiger charge is 2.35. The number of hydrogen-bond acceptors (Lipinski definition) is 4. The highest BCUT2D eigenvalue weighted by Crippen LogP contribution is 2.33. The van der Waals surface area contributed by atoms with Crippen molar-refractivity contribution in [3.63, 3.8) is 0 Å². The van der Waals surface area contributed by atoms with E-state index >= 15 is 0 Å². The van der Waals surface area contributed by atoms with Gasteiger partial charge in [-0.15, -0.1) is 11.3 Å². The molecular weight excluding hydrogens is 317 g/mol. The number of carbonyl (C=O) groups excluding carboxylic acids is 1. The summed E-state index contributed by atoms with van der Waals surface area (Å²) in [5, 5.41) is 0. The number of ketones is 1. The number of nitrogens with zero attached hydrogens (tertiary/aromatic N) is 1. The standard InChI is InChI=1S/C14H17Cl2NO2S/c15-13-7-9(14(16)20-13)11(18)8-17-5-6-19-12-4-2-1-3-10(12)17/h7,10,12H,1-6,8H2. The van der Waals surface area contributed by atoms with Crippen LogP contribution in [0, 0.1) is 0 Å². The summed E-state index contributed by atoms with van der Waals surface area (Å²) in [6.45, 7) is 1.95. The van der Waals surface area contributed by atoms with E-state index in [0.717, 1.165) is 19.4 Å². The van der Waals surface area contributed by atoms with E-state index in [1.54, 1.807) is 6.07 Å². The molecule has 0 spiro atoms. The van der Waals surface area contributed by atoms with Crippen LogP contribution in [0.1, 0.15) is 36.0 Å². The predicted octanol–water partition coefficient (Wildman–Crippen LogP) is 3.88. The van der Waals surface area contributed by atoms with E-state index in [-0.39, 0.29) is 5.78 Å². The fourth-order valence-electron chi connectivity index (χ4n) is 3.17. The number of ether oxygens (including phenoxy) is 1. The van der Waals surface area contributed by atoms with Gasteiger partial charge in [-0.25, -0.2) is 0 Å². The Labute approximate surface area is 132 Å². The van der Waals surface area contributed by atoms with Crippen molar-refractivity contribution >= 4 is 40.3 Å². The van der Waals surface area contributed by atoms with Crippen molar-refractivity contribution < 1.29 is 9.53 Å². The molecule has 1 aliphatic carbocycles. The molecule has 0 amide bonds. The summed E-state index contributed by atoms with van der Waals surface area (Å²) in [6.07, 6.45) is 4.98. The Morgan fingerprint density at radius 1 is 1.40 bits per heavy atom. The number of carbonyl (C=O) groups is 1. The Morgan fingerprint density at radius 3 is 2.95 bits per heavy atom. The van der Waals surface area contributed by atoms with Gasteiger partial charge in [-0.3, -0.25) is 9.69 Å². The molecule has 1 aromatic heterocycles. The molecule has 20 heavy (non-hydrogen) atoms. The molecule has 6 heteroatoms. The van der Waals surface area contributed by atoms with Gasteiger partial charge in [-0.2, -0.15) is 0 Å². The fraction of sp³-hybridized carbons (Fsp3) is 0.643.